The Kier molecular flexibility index (Phi) is 7.02. The Bertz CT molecular complexity index is 1150. The van der Waals surface area contributed by atoms with E-state index < -0.39 is 10.0 Å². The van der Waals surface area contributed by atoms with Gasteiger partial charge in [0.15, 0.2) is 0 Å². The van der Waals surface area contributed by atoms with Gasteiger partial charge in [-0.15, -0.1) is 0 Å². The Morgan fingerprint density at radius 3 is 2.30 bits per heavy atom. The minimum atomic E-state index is -3.52. The summed E-state index contributed by atoms with van der Waals surface area (Å²) in [6.07, 6.45) is 1.14. The fourth-order valence-corrected chi connectivity index (χ4v) is 4.15. The third-order valence-electron chi connectivity index (χ3n) is 4.44. The van der Waals surface area contributed by atoms with Crippen LogP contribution in [-0.2, 0) is 23.1 Å². The second-order valence-electron chi connectivity index (χ2n) is 6.72. The predicted octanol–water partition coefficient (Wildman–Crippen LogP) is 4.89. The summed E-state index contributed by atoms with van der Waals surface area (Å²) < 4.78 is 25.8. The second kappa shape index (κ2) is 9.51. The van der Waals surface area contributed by atoms with Gasteiger partial charge in [0.2, 0.25) is 10.0 Å². The lowest BCUT2D eigenvalue weighted by Crippen LogP contribution is -2.29. The molecule has 1 N–H and O–H groups in total. The zero-order valence-corrected chi connectivity index (χ0v) is 18.5. The van der Waals surface area contributed by atoms with Gasteiger partial charge in [0.1, 0.15) is 0 Å². The molecule has 0 atom stereocenters. The van der Waals surface area contributed by atoms with Gasteiger partial charge in [-0.2, -0.15) is 0 Å². The Hall–Kier alpha value is -2.54. The van der Waals surface area contributed by atoms with Crippen molar-refractivity contribution in [2.24, 2.45) is 0 Å². The van der Waals surface area contributed by atoms with Crippen LogP contribution < -0.4 is 9.62 Å². The van der Waals surface area contributed by atoms with Crippen molar-refractivity contribution in [3.8, 4) is 0 Å². The molecule has 0 unspecified atom stereocenters. The number of carbonyl (C=O) groups is 1. The molecule has 0 radical (unpaired) electrons. The fraction of sp³-hybridized carbons (Fsp3) is 0.136. The molecular weight excluding hydrogens is 443 g/mol. The van der Waals surface area contributed by atoms with Crippen LogP contribution in [0.15, 0.2) is 72.8 Å². The number of benzene rings is 3. The maximum Gasteiger partial charge on any atom is 0.251 e. The van der Waals surface area contributed by atoms with Crippen molar-refractivity contribution >= 4 is 44.8 Å². The Morgan fingerprint density at radius 1 is 0.967 bits per heavy atom. The molecule has 3 aromatic rings. The maximum atomic E-state index is 12.4. The predicted molar refractivity (Wildman–Crippen MR) is 122 cm³/mol. The summed E-state index contributed by atoms with van der Waals surface area (Å²) in [5.41, 5.74) is 2.52. The monoisotopic (exact) mass is 462 g/mol. The van der Waals surface area contributed by atoms with Crippen LogP contribution in [0.3, 0.4) is 0 Å². The summed E-state index contributed by atoms with van der Waals surface area (Å²) in [5, 5.41) is 3.87. The highest BCUT2D eigenvalue weighted by Gasteiger charge is 2.18. The maximum absolute atomic E-state index is 12.4. The van der Waals surface area contributed by atoms with Crippen LogP contribution in [0, 0.1) is 0 Å². The highest BCUT2D eigenvalue weighted by atomic mass is 35.5. The Labute approximate surface area is 186 Å². The third kappa shape index (κ3) is 5.75. The smallest absolute Gasteiger partial charge is 0.251 e. The molecule has 0 heterocycles. The SMILES string of the molecule is CS(=O)(=O)N(Cc1ccc(C(=O)NCc2ccccc2Cl)cc1)c1cccc(Cl)c1. The van der Waals surface area contributed by atoms with Gasteiger partial charge >= 0.3 is 0 Å². The molecule has 0 aliphatic carbocycles. The number of hydrogen-bond acceptors (Lipinski definition) is 3. The van der Waals surface area contributed by atoms with E-state index >= 15 is 0 Å². The first-order chi connectivity index (χ1) is 14.2. The quantitative estimate of drug-likeness (QED) is 0.543. The zero-order valence-electron chi connectivity index (χ0n) is 16.2. The van der Waals surface area contributed by atoms with Gasteiger partial charge in [0.05, 0.1) is 18.5 Å². The van der Waals surface area contributed by atoms with Crippen molar-refractivity contribution in [3.05, 3.63) is 99.5 Å². The lowest BCUT2D eigenvalue weighted by Gasteiger charge is -2.22. The topological polar surface area (TPSA) is 66.5 Å². The molecule has 8 heteroatoms. The molecule has 5 nitrogen and oxygen atoms in total. The van der Waals surface area contributed by atoms with E-state index in [-0.39, 0.29) is 12.5 Å². The van der Waals surface area contributed by atoms with Crippen LogP contribution in [0.4, 0.5) is 5.69 Å². The number of sulfonamides is 1. The molecule has 0 saturated carbocycles. The number of halogens is 2. The van der Waals surface area contributed by atoms with Gasteiger partial charge < -0.3 is 5.32 Å². The molecule has 1 amide bonds. The van der Waals surface area contributed by atoms with Gasteiger partial charge in [-0.25, -0.2) is 8.42 Å². The lowest BCUT2D eigenvalue weighted by atomic mass is 10.1. The molecule has 0 bridgehead atoms. The molecule has 156 valence electrons. The molecule has 30 heavy (non-hydrogen) atoms. The largest absolute Gasteiger partial charge is 0.348 e. The summed E-state index contributed by atoms with van der Waals surface area (Å²) in [6, 6.07) is 20.7. The van der Waals surface area contributed by atoms with E-state index in [2.05, 4.69) is 5.32 Å². The number of amides is 1. The summed E-state index contributed by atoms with van der Waals surface area (Å²) in [6.45, 7) is 0.442. The molecular formula is C22H20Cl2N2O3S. The Morgan fingerprint density at radius 2 is 1.67 bits per heavy atom. The average molecular weight is 463 g/mol. The summed E-state index contributed by atoms with van der Waals surface area (Å²) >= 11 is 12.1. The number of nitrogens with one attached hydrogen (secondary N) is 1. The molecule has 0 fully saturated rings. The third-order valence-corrected chi connectivity index (χ3v) is 6.18. The van der Waals surface area contributed by atoms with Crippen molar-refractivity contribution < 1.29 is 13.2 Å². The normalized spacial score (nSPS) is 11.2. The van der Waals surface area contributed by atoms with Crippen LogP contribution in [0.2, 0.25) is 10.0 Å². The highest BCUT2D eigenvalue weighted by Crippen LogP contribution is 2.24. The molecule has 0 spiro atoms. The first-order valence-electron chi connectivity index (χ1n) is 9.08. The van der Waals surface area contributed by atoms with E-state index in [4.69, 9.17) is 23.2 Å². The summed E-state index contributed by atoms with van der Waals surface area (Å²) in [4.78, 5) is 12.4. The molecule has 0 aromatic heterocycles. The summed E-state index contributed by atoms with van der Waals surface area (Å²) in [5.74, 6) is -0.240. The van der Waals surface area contributed by atoms with Crippen molar-refractivity contribution in [2.75, 3.05) is 10.6 Å². The van der Waals surface area contributed by atoms with E-state index in [1.54, 1.807) is 54.6 Å². The first kappa shape index (κ1) is 22.2. The van der Waals surface area contributed by atoms with E-state index in [9.17, 15) is 13.2 Å². The van der Waals surface area contributed by atoms with Gasteiger partial charge in [-0.3, -0.25) is 9.10 Å². The van der Waals surface area contributed by atoms with Crippen molar-refractivity contribution in [3.63, 3.8) is 0 Å². The van der Waals surface area contributed by atoms with Crippen LogP contribution in [0.1, 0.15) is 21.5 Å². The molecule has 3 rings (SSSR count). The number of hydrogen-bond donors (Lipinski definition) is 1. The van der Waals surface area contributed by atoms with Crippen molar-refractivity contribution in [1.82, 2.24) is 5.32 Å². The number of anilines is 1. The lowest BCUT2D eigenvalue weighted by molar-refractivity contribution is 0.0951. The van der Waals surface area contributed by atoms with Gasteiger partial charge in [0.25, 0.3) is 5.91 Å². The molecule has 3 aromatic carbocycles. The highest BCUT2D eigenvalue weighted by molar-refractivity contribution is 7.92. The number of nitrogens with zero attached hydrogens (tertiary/aromatic N) is 1. The minimum Gasteiger partial charge on any atom is -0.348 e. The van der Waals surface area contributed by atoms with Crippen LogP contribution in [-0.4, -0.2) is 20.6 Å². The van der Waals surface area contributed by atoms with Gasteiger partial charge in [-0.1, -0.05) is 59.6 Å². The molecule has 0 saturated heterocycles. The number of carbonyl (C=O) groups excluding carboxylic acids is 1. The second-order valence-corrected chi connectivity index (χ2v) is 9.47. The molecule has 0 aliphatic heterocycles. The van der Waals surface area contributed by atoms with Crippen LogP contribution >= 0.6 is 23.2 Å². The van der Waals surface area contributed by atoms with E-state index in [1.807, 2.05) is 18.2 Å². The van der Waals surface area contributed by atoms with Gasteiger partial charge in [0, 0.05) is 22.2 Å². The average Bonchev–Trinajstić information content (AvgIpc) is 2.71. The van der Waals surface area contributed by atoms with Crippen molar-refractivity contribution in [2.45, 2.75) is 13.1 Å². The fourth-order valence-electron chi connectivity index (χ4n) is 2.88. The van der Waals surface area contributed by atoms with Gasteiger partial charge in [-0.05, 0) is 47.5 Å². The first-order valence-corrected chi connectivity index (χ1v) is 11.7. The van der Waals surface area contributed by atoms with E-state index in [0.717, 1.165) is 17.4 Å². The molecule has 0 aliphatic rings. The minimum absolute atomic E-state index is 0.126. The number of rotatable bonds is 7. The summed E-state index contributed by atoms with van der Waals surface area (Å²) in [7, 11) is -3.52. The van der Waals surface area contributed by atoms with E-state index in [0.29, 0.717) is 27.8 Å². The van der Waals surface area contributed by atoms with E-state index in [1.165, 1.54) is 4.31 Å². The Balaban J connectivity index is 1.71. The zero-order chi connectivity index (χ0) is 21.7. The standard InChI is InChI=1S/C22H20Cl2N2O3S/c1-30(28,29)26(20-7-4-6-19(23)13-20)15-16-9-11-17(12-10-16)22(27)25-14-18-5-2-3-8-21(18)24/h2-13H,14-15H2,1H3,(H,25,27). The van der Waals surface area contributed by atoms with Crippen LogP contribution in [0.25, 0.3) is 0 Å². The van der Waals surface area contributed by atoms with Crippen molar-refractivity contribution in [1.29, 1.82) is 0 Å². The van der Waals surface area contributed by atoms with Crippen LogP contribution in [0.5, 0.6) is 0 Å².